The van der Waals surface area contributed by atoms with Crippen LogP contribution in [-0.2, 0) is 14.8 Å². The van der Waals surface area contributed by atoms with E-state index in [0.29, 0.717) is 12.4 Å². The zero-order chi connectivity index (χ0) is 18.2. The van der Waals surface area contributed by atoms with Crippen molar-refractivity contribution in [3.8, 4) is 5.75 Å². The van der Waals surface area contributed by atoms with Gasteiger partial charge in [0.2, 0.25) is 15.9 Å². The van der Waals surface area contributed by atoms with Crippen LogP contribution >= 0.6 is 0 Å². The molecule has 1 rings (SSSR count). The van der Waals surface area contributed by atoms with Crippen LogP contribution in [-0.4, -0.2) is 46.5 Å². The van der Waals surface area contributed by atoms with Gasteiger partial charge in [-0.05, 0) is 31.2 Å². The molecule has 136 valence electrons. The van der Waals surface area contributed by atoms with Crippen LogP contribution in [0.5, 0.6) is 5.75 Å². The normalized spacial score (nSPS) is 12.0. The number of nitrogens with one attached hydrogen (secondary N) is 2. The highest BCUT2D eigenvalue weighted by atomic mass is 32.2. The van der Waals surface area contributed by atoms with Gasteiger partial charge in [-0.3, -0.25) is 4.79 Å². The summed E-state index contributed by atoms with van der Waals surface area (Å²) in [7, 11) is -3.79. The molecule has 0 unspecified atom stereocenters. The number of hydrogen-bond acceptors (Lipinski definition) is 5. The zero-order valence-electron chi connectivity index (χ0n) is 13.2. The molecule has 0 bridgehead atoms. The number of benzene rings is 1. The molecular formula is C14H21F2N3O4S. The molecular weight excluding hydrogens is 344 g/mol. The van der Waals surface area contributed by atoms with Crippen molar-refractivity contribution >= 4 is 15.9 Å². The number of hydrogen-bond donors (Lipinski definition) is 3. The summed E-state index contributed by atoms with van der Waals surface area (Å²) in [5.74, 6) is -3.34. The molecule has 0 heterocycles. The first-order valence-corrected chi connectivity index (χ1v) is 8.75. The Morgan fingerprint density at radius 1 is 1.29 bits per heavy atom. The van der Waals surface area contributed by atoms with Gasteiger partial charge in [0, 0.05) is 13.0 Å². The summed E-state index contributed by atoms with van der Waals surface area (Å²) in [4.78, 5) is 11.4. The van der Waals surface area contributed by atoms with Gasteiger partial charge in [0.15, 0.2) is 0 Å². The largest absolute Gasteiger partial charge is 0.494 e. The van der Waals surface area contributed by atoms with Crippen molar-refractivity contribution in [2.75, 3.05) is 26.2 Å². The second-order valence-electron chi connectivity index (χ2n) is 4.89. The molecule has 0 aromatic heterocycles. The molecule has 1 aromatic carbocycles. The van der Waals surface area contributed by atoms with Crippen LogP contribution in [0, 0.1) is 0 Å². The first kappa shape index (κ1) is 20.3. The van der Waals surface area contributed by atoms with Crippen LogP contribution in [0.15, 0.2) is 29.2 Å². The first-order chi connectivity index (χ1) is 11.2. The van der Waals surface area contributed by atoms with Crippen molar-refractivity contribution in [3.63, 3.8) is 0 Å². The van der Waals surface area contributed by atoms with Crippen molar-refractivity contribution in [2.24, 2.45) is 5.73 Å². The standard InChI is InChI=1S/C14H21F2N3O4S/c1-2-23-11-3-5-12(6-4-11)24(21,22)19-8-7-13(20)18-10-14(15,16)9-17/h3-6,19H,2,7-10,17H2,1H3,(H,18,20). The number of rotatable bonds is 10. The van der Waals surface area contributed by atoms with Crippen LogP contribution in [0.3, 0.4) is 0 Å². The van der Waals surface area contributed by atoms with Gasteiger partial charge in [0.25, 0.3) is 5.92 Å². The van der Waals surface area contributed by atoms with E-state index < -0.39 is 34.9 Å². The molecule has 24 heavy (non-hydrogen) atoms. The highest BCUT2D eigenvalue weighted by Crippen LogP contribution is 2.15. The second kappa shape index (κ2) is 8.90. The Balaban J connectivity index is 2.46. The minimum Gasteiger partial charge on any atom is -0.494 e. The third-order valence-corrected chi connectivity index (χ3v) is 4.41. The van der Waals surface area contributed by atoms with E-state index in [-0.39, 0.29) is 17.9 Å². The topological polar surface area (TPSA) is 111 Å². The molecule has 0 aliphatic rings. The fourth-order valence-electron chi connectivity index (χ4n) is 1.65. The summed E-state index contributed by atoms with van der Waals surface area (Å²) in [6.07, 6.45) is -0.267. The molecule has 10 heteroatoms. The van der Waals surface area contributed by atoms with E-state index in [4.69, 9.17) is 10.5 Å². The maximum Gasteiger partial charge on any atom is 0.277 e. The highest BCUT2D eigenvalue weighted by Gasteiger charge is 2.27. The van der Waals surface area contributed by atoms with Gasteiger partial charge in [0.05, 0.1) is 24.6 Å². The number of carbonyl (C=O) groups is 1. The fourth-order valence-corrected chi connectivity index (χ4v) is 2.68. The molecule has 1 amide bonds. The van der Waals surface area contributed by atoms with E-state index in [9.17, 15) is 22.0 Å². The summed E-state index contributed by atoms with van der Waals surface area (Å²) < 4.78 is 57.2. The van der Waals surface area contributed by atoms with E-state index in [1.54, 1.807) is 6.92 Å². The van der Waals surface area contributed by atoms with Crippen LogP contribution < -0.4 is 20.5 Å². The average molecular weight is 365 g/mol. The van der Waals surface area contributed by atoms with Gasteiger partial charge in [-0.25, -0.2) is 21.9 Å². The van der Waals surface area contributed by atoms with Crippen molar-refractivity contribution in [1.29, 1.82) is 0 Å². The summed E-state index contributed by atoms with van der Waals surface area (Å²) in [5, 5.41) is 2.00. The molecule has 0 saturated heterocycles. The lowest BCUT2D eigenvalue weighted by Gasteiger charge is -2.14. The third kappa shape index (κ3) is 6.77. The molecule has 0 saturated carbocycles. The minimum atomic E-state index is -3.79. The Kier molecular flexibility index (Phi) is 7.52. The number of halogens is 2. The maximum absolute atomic E-state index is 12.9. The predicted molar refractivity (Wildman–Crippen MR) is 84.4 cm³/mol. The summed E-state index contributed by atoms with van der Waals surface area (Å²) in [6, 6.07) is 5.77. The Bertz CT molecular complexity index is 636. The quantitative estimate of drug-likeness (QED) is 0.558. The smallest absolute Gasteiger partial charge is 0.277 e. The van der Waals surface area contributed by atoms with Crippen molar-refractivity contribution in [2.45, 2.75) is 24.2 Å². The van der Waals surface area contributed by atoms with Gasteiger partial charge in [-0.15, -0.1) is 0 Å². The van der Waals surface area contributed by atoms with E-state index in [1.165, 1.54) is 24.3 Å². The maximum atomic E-state index is 12.9. The van der Waals surface area contributed by atoms with E-state index in [1.807, 2.05) is 5.32 Å². The Labute approximate surface area is 139 Å². The van der Waals surface area contributed by atoms with Crippen LogP contribution in [0.2, 0.25) is 0 Å². The SMILES string of the molecule is CCOc1ccc(S(=O)(=O)NCCC(=O)NCC(F)(F)CN)cc1. The van der Waals surface area contributed by atoms with Gasteiger partial charge >= 0.3 is 0 Å². The lowest BCUT2D eigenvalue weighted by Crippen LogP contribution is -2.42. The van der Waals surface area contributed by atoms with Gasteiger partial charge < -0.3 is 15.8 Å². The molecule has 0 radical (unpaired) electrons. The van der Waals surface area contributed by atoms with Crippen LogP contribution in [0.1, 0.15) is 13.3 Å². The third-order valence-electron chi connectivity index (χ3n) is 2.93. The van der Waals surface area contributed by atoms with Crippen LogP contribution in [0.25, 0.3) is 0 Å². The number of nitrogens with two attached hydrogens (primary N) is 1. The predicted octanol–water partition coefficient (Wildman–Crippen LogP) is 0.464. The molecule has 0 spiro atoms. The first-order valence-electron chi connectivity index (χ1n) is 7.27. The van der Waals surface area contributed by atoms with E-state index in [2.05, 4.69) is 4.72 Å². The summed E-state index contributed by atoms with van der Waals surface area (Å²) >= 11 is 0. The number of sulfonamides is 1. The Morgan fingerprint density at radius 3 is 2.46 bits per heavy atom. The van der Waals surface area contributed by atoms with Crippen LogP contribution in [0.4, 0.5) is 8.78 Å². The fraction of sp³-hybridized carbons (Fsp3) is 0.500. The molecule has 0 aliphatic heterocycles. The summed E-state index contributed by atoms with van der Waals surface area (Å²) in [6.45, 7) is 0.296. The molecule has 7 nitrogen and oxygen atoms in total. The Hall–Kier alpha value is -1.78. The molecule has 0 fully saturated rings. The molecule has 0 aliphatic carbocycles. The van der Waals surface area contributed by atoms with Gasteiger partial charge in [-0.2, -0.15) is 0 Å². The number of ether oxygens (including phenoxy) is 1. The minimum absolute atomic E-state index is 0.0148. The van der Waals surface area contributed by atoms with Crippen molar-refractivity contribution in [3.05, 3.63) is 24.3 Å². The number of alkyl halides is 2. The lowest BCUT2D eigenvalue weighted by atomic mass is 10.3. The lowest BCUT2D eigenvalue weighted by molar-refractivity contribution is -0.122. The molecule has 0 atom stereocenters. The Morgan fingerprint density at radius 2 is 1.92 bits per heavy atom. The zero-order valence-corrected chi connectivity index (χ0v) is 14.0. The van der Waals surface area contributed by atoms with Gasteiger partial charge in [0.1, 0.15) is 5.75 Å². The monoisotopic (exact) mass is 365 g/mol. The van der Waals surface area contributed by atoms with Crippen molar-refractivity contribution < 1.29 is 26.7 Å². The number of amides is 1. The van der Waals surface area contributed by atoms with Crippen molar-refractivity contribution in [1.82, 2.24) is 10.0 Å². The van der Waals surface area contributed by atoms with E-state index >= 15 is 0 Å². The molecule has 4 N–H and O–H groups in total. The average Bonchev–Trinajstić information content (AvgIpc) is 2.54. The van der Waals surface area contributed by atoms with E-state index in [0.717, 1.165) is 0 Å². The summed E-state index contributed by atoms with van der Waals surface area (Å²) in [5.41, 5.74) is 4.84. The highest BCUT2D eigenvalue weighted by molar-refractivity contribution is 7.89. The van der Waals surface area contributed by atoms with Gasteiger partial charge in [-0.1, -0.05) is 0 Å². The number of carbonyl (C=O) groups excluding carboxylic acids is 1. The molecule has 1 aromatic rings. The second-order valence-corrected chi connectivity index (χ2v) is 6.66.